The van der Waals surface area contributed by atoms with E-state index in [-0.39, 0.29) is 0 Å². The Morgan fingerprint density at radius 2 is 1.78 bits per heavy atom. The molecule has 2 rings (SSSR count). The van der Waals surface area contributed by atoms with Gasteiger partial charge >= 0.3 is 5.97 Å². The highest BCUT2D eigenvalue weighted by molar-refractivity contribution is 5.85. The molecule has 0 aliphatic heterocycles. The van der Waals surface area contributed by atoms with E-state index >= 15 is 0 Å². The molecule has 0 radical (unpaired) electrons. The zero-order chi connectivity index (χ0) is 13.5. The predicted molar refractivity (Wildman–Crippen MR) is 71.9 cm³/mol. The fraction of sp³-hybridized carbons (Fsp3) is 0.333. The number of benzene rings is 1. The Bertz CT molecular complexity index is 630. The molecule has 0 amide bonds. The summed E-state index contributed by atoms with van der Waals surface area (Å²) in [6.07, 6.45) is 0. The van der Waals surface area contributed by atoms with Crippen LogP contribution in [0.4, 0.5) is 0 Å². The van der Waals surface area contributed by atoms with Gasteiger partial charge in [-0.2, -0.15) is 0 Å². The number of rotatable bonds is 2. The van der Waals surface area contributed by atoms with Crippen molar-refractivity contribution in [3.63, 3.8) is 0 Å². The number of hydrogen-bond donors (Lipinski definition) is 1. The summed E-state index contributed by atoms with van der Waals surface area (Å²) in [5.41, 5.74) is 2.79. The lowest BCUT2D eigenvalue weighted by Crippen LogP contribution is -2.29. The Hall–Kier alpha value is -1.90. The number of nitrogens with zero attached hydrogens (tertiary/aromatic N) is 1. The van der Waals surface area contributed by atoms with E-state index < -0.39 is 11.4 Å². The zero-order valence-electron chi connectivity index (χ0n) is 11.1. The molecular weight excluding hydrogens is 226 g/mol. The maximum Gasteiger partial charge on any atom is 0.315 e. The van der Waals surface area contributed by atoms with Crippen molar-refractivity contribution >= 4 is 16.9 Å². The molecule has 1 aromatic heterocycles. The number of carbonyl (C=O) groups is 1. The second kappa shape index (κ2) is 4.09. The molecule has 0 aliphatic rings. The van der Waals surface area contributed by atoms with E-state index in [9.17, 15) is 9.90 Å². The summed E-state index contributed by atoms with van der Waals surface area (Å²) in [6, 6.07) is 7.81. The van der Waals surface area contributed by atoms with Crippen LogP contribution in [0.15, 0.2) is 24.3 Å². The lowest BCUT2D eigenvalue weighted by Gasteiger charge is -2.19. The largest absolute Gasteiger partial charge is 0.481 e. The highest BCUT2D eigenvalue weighted by Gasteiger charge is 2.31. The molecule has 1 heterocycles. The average Bonchev–Trinajstić information content (AvgIpc) is 2.33. The summed E-state index contributed by atoms with van der Waals surface area (Å²) in [7, 11) is 0. The third-order valence-corrected chi connectivity index (χ3v) is 3.56. The highest BCUT2D eigenvalue weighted by atomic mass is 16.4. The Morgan fingerprint density at radius 1 is 1.17 bits per heavy atom. The molecule has 0 fully saturated rings. The molecule has 0 saturated heterocycles. The molecule has 0 spiro atoms. The summed E-state index contributed by atoms with van der Waals surface area (Å²) < 4.78 is 0. The quantitative estimate of drug-likeness (QED) is 0.881. The van der Waals surface area contributed by atoms with Gasteiger partial charge in [0.2, 0.25) is 0 Å². The summed E-state index contributed by atoms with van der Waals surface area (Å²) >= 11 is 0. The normalized spacial score (nSPS) is 11.8. The predicted octanol–water partition coefficient (Wildman–Crippen LogP) is 3.21. The molecule has 18 heavy (non-hydrogen) atoms. The van der Waals surface area contributed by atoms with Crippen LogP contribution in [0.2, 0.25) is 0 Å². The first-order valence-corrected chi connectivity index (χ1v) is 5.95. The number of hydrogen-bond acceptors (Lipinski definition) is 2. The van der Waals surface area contributed by atoms with Gasteiger partial charge in [-0.05, 0) is 44.9 Å². The van der Waals surface area contributed by atoms with Crippen molar-refractivity contribution in [3.8, 4) is 0 Å². The van der Waals surface area contributed by atoms with Crippen molar-refractivity contribution < 1.29 is 9.90 Å². The molecule has 3 heteroatoms. The Labute approximate surface area is 106 Å². The fourth-order valence-corrected chi connectivity index (χ4v) is 1.89. The molecular formula is C15H17NO2. The van der Waals surface area contributed by atoms with E-state index in [2.05, 4.69) is 11.1 Å². The number of aryl methyl sites for hydroxylation is 2. The van der Waals surface area contributed by atoms with Gasteiger partial charge in [0.25, 0.3) is 0 Å². The van der Waals surface area contributed by atoms with Crippen molar-refractivity contribution in [2.45, 2.75) is 33.1 Å². The molecule has 0 saturated carbocycles. The lowest BCUT2D eigenvalue weighted by molar-refractivity contribution is -0.142. The summed E-state index contributed by atoms with van der Waals surface area (Å²) in [5, 5.41) is 10.3. The topological polar surface area (TPSA) is 50.2 Å². The van der Waals surface area contributed by atoms with Crippen LogP contribution in [0, 0.1) is 13.8 Å². The molecule has 3 nitrogen and oxygen atoms in total. The van der Waals surface area contributed by atoms with Gasteiger partial charge in [-0.25, -0.2) is 0 Å². The minimum Gasteiger partial charge on any atom is -0.481 e. The summed E-state index contributed by atoms with van der Waals surface area (Å²) in [4.78, 5) is 15.8. The van der Waals surface area contributed by atoms with Crippen LogP contribution in [0.3, 0.4) is 0 Å². The van der Waals surface area contributed by atoms with Crippen molar-refractivity contribution in [1.29, 1.82) is 0 Å². The van der Waals surface area contributed by atoms with Gasteiger partial charge in [0.1, 0.15) is 5.41 Å². The van der Waals surface area contributed by atoms with Crippen LogP contribution >= 0.6 is 0 Å². The SMILES string of the molecule is Cc1ccc2ccc(C(C)(C)C(=O)O)nc2c1C. The van der Waals surface area contributed by atoms with E-state index in [1.807, 2.05) is 26.0 Å². The molecule has 2 aromatic rings. The van der Waals surface area contributed by atoms with Gasteiger partial charge in [-0.3, -0.25) is 9.78 Å². The van der Waals surface area contributed by atoms with Crippen molar-refractivity contribution in [2.75, 3.05) is 0 Å². The maximum atomic E-state index is 11.3. The third-order valence-electron chi connectivity index (χ3n) is 3.56. The summed E-state index contributed by atoms with van der Waals surface area (Å²) in [6.45, 7) is 7.40. The Kier molecular flexibility index (Phi) is 2.85. The van der Waals surface area contributed by atoms with Gasteiger partial charge in [0.15, 0.2) is 0 Å². The number of aliphatic carboxylic acids is 1. The molecule has 1 aromatic carbocycles. The van der Waals surface area contributed by atoms with E-state index in [1.54, 1.807) is 19.9 Å². The van der Waals surface area contributed by atoms with E-state index in [0.29, 0.717) is 5.69 Å². The number of fused-ring (bicyclic) bond motifs is 1. The summed E-state index contributed by atoms with van der Waals surface area (Å²) in [5.74, 6) is -0.861. The van der Waals surface area contributed by atoms with Crippen molar-refractivity contribution in [3.05, 3.63) is 41.1 Å². The molecule has 0 unspecified atom stereocenters. The molecule has 1 N–H and O–H groups in total. The highest BCUT2D eigenvalue weighted by Crippen LogP contribution is 2.26. The zero-order valence-corrected chi connectivity index (χ0v) is 11.1. The van der Waals surface area contributed by atoms with Gasteiger partial charge in [-0.1, -0.05) is 18.2 Å². The van der Waals surface area contributed by atoms with Crippen LogP contribution < -0.4 is 0 Å². The van der Waals surface area contributed by atoms with E-state index in [0.717, 1.165) is 16.5 Å². The lowest BCUT2D eigenvalue weighted by atomic mass is 9.88. The first-order valence-electron chi connectivity index (χ1n) is 5.95. The van der Waals surface area contributed by atoms with Crippen LogP contribution in [-0.4, -0.2) is 16.1 Å². The molecule has 0 aliphatic carbocycles. The minimum atomic E-state index is -0.968. The van der Waals surface area contributed by atoms with Crippen molar-refractivity contribution in [2.24, 2.45) is 0 Å². The monoisotopic (exact) mass is 243 g/mol. The molecule has 0 atom stereocenters. The van der Waals surface area contributed by atoms with Gasteiger partial charge in [-0.15, -0.1) is 0 Å². The van der Waals surface area contributed by atoms with Gasteiger partial charge < -0.3 is 5.11 Å². The van der Waals surface area contributed by atoms with E-state index in [1.165, 1.54) is 5.56 Å². The minimum absolute atomic E-state index is 0.594. The number of carboxylic acid groups (broad SMARTS) is 1. The van der Waals surface area contributed by atoms with Crippen LogP contribution in [0.25, 0.3) is 10.9 Å². The second-order valence-corrected chi connectivity index (χ2v) is 5.21. The molecule has 0 bridgehead atoms. The molecule has 94 valence electrons. The van der Waals surface area contributed by atoms with Crippen LogP contribution in [0.5, 0.6) is 0 Å². The van der Waals surface area contributed by atoms with E-state index in [4.69, 9.17) is 0 Å². The fourth-order valence-electron chi connectivity index (χ4n) is 1.89. The first kappa shape index (κ1) is 12.6. The van der Waals surface area contributed by atoms with Crippen LogP contribution in [-0.2, 0) is 10.2 Å². The third kappa shape index (κ3) is 1.86. The first-order chi connectivity index (χ1) is 8.34. The Morgan fingerprint density at radius 3 is 2.39 bits per heavy atom. The number of aromatic nitrogens is 1. The second-order valence-electron chi connectivity index (χ2n) is 5.21. The number of pyridine rings is 1. The Balaban J connectivity index is 2.71. The van der Waals surface area contributed by atoms with Crippen molar-refractivity contribution in [1.82, 2.24) is 4.98 Å². The van der Waals surface area contributed by atoms with Crippen LogP contribution in [0.1, 0.15) is 30.7 Å². The smallest absolute Gasteiger partial charge is 0.315 e. The standard InChI is InChI=1S/C15H17NO2/c1-9-5-6-11-7-8-12(15(3,4)14(17)18)16-13(11)10(9)2/h5-8H,1-4H3,(H,17,18). The van der Waals surface area contributed by atoms with Gasteiger partial charge in [0, 0.05) is 5.39 Å². The maximum absolute atomic E-state index is 11.3. The number of carboxylic acids is 1. The van der Waals surface area contributed by atoms with Gasteiger partial charge in [0.05, 0.1) is 11.2 Å². The average molecular weight is 243 g/mol.